The molecule has 0 fully saturated rings. The Morgan fingerprint density at radius 1 is 1.43 bits per heavy atom. The van der Waals surface area contributed by atoms with Crippen molar-refractivity contribution in [3.63, 3.8) is 0 Å². The Kier molecular flexibility index (Phi) is 6.17. The molecule has 2 aromatic heterocycles. The van der Waals surface area contributed by atoms with Crippen LogP contribution in [0, 0.1) is 0 Å². The first kappa shape index (κ1) is 17.5. The molecule has 1 atom stereocenters. The first-order valence-corrected chi connectivity index (χ1v) is 8.98. The minimum atomic E-state index is -0.198. The Hall–Kier alpha value is -1.87. The van der Waals surface area contributed by atoms with E-state index in [4.69, 9.17) is 5.73 Å². The molecule has 9 heteroatoms. The van der Waals surface area contributed by atoms with Crippen LogP contribution in [0.1, 0.15) is 17.6 Å². The van der Waals surface area contributed by atoms with Crippen molar-refractivity contribution in [1.29, 1.82) is 0 Å². The number of carbonyl (C=O) groups excluding carboxylic acids is 1. The molecule has 3 N–H and O–H groups in total. The Morgan fingerprint density at radius 3 is 2.87 bits per heavy atom. The average molecular weight is 352 g/mol. The van der Waals surface area contributed by atoms with Crippen LogP contribution in [0.5, 0.6) is 0 Å². The van der Waals surface area contributed by atoms with Gasteiger partial charge in [0.2, 0.25) is 17.8 Å². The van der Waals surface area contributed by atoms with Gasteiger partial charge in [-0.15, -0.1) is 23.1 Å². The third kappa shape index (κ3) is 5.36. The molecular formula is C14H20N6OS2. The first-order chi connectivity index (χ1) is 11.0. The predicted molar refractivity (Wildman–Crippen MR) is 95.5 cm³/mol. The second-order valence-electron chi connectivity index (χ2n) is 5.05. The van der Waals surface area contributed by atoms with Gasteiger partial charge in [-0.2, -0.15) is 15.0 Å². The van der Waals surface area contributed by atoms with E-state index in [9.17, 15) is 4.79 Å². The van der Waals surface area contributed by atoms with Crippen LogP contribution in [-0.2, 0) is 17.1 Å². The fourth-order valence-electron chi connectivity index (χ4n) is 1.70. The van der Waals surface area contributed by atoms with E-state index in [1.807, 2.05) is 38.5 Å². The Labute approximate surface area is 143 Å². The Balaban J connectivity index is 1.85. The van der Waals surface area contributed by atoms with E-state index in [2.05, 4.69) is 20.3 Å². The van der Waals surface area contributed by atoms with Gasteiger partial charge < -0.3 is 16.0 Å². The molecule has 23 heavy (non-hydrogen) atoms. The summed E-state index contributed by atoms with van der Waals surface area (Å²) in [5.74, 6) is 1.78. The summed E-state index contributed by atoms with van der Waals surface area (Å²) in [6, 6.07) is 3.97. The third-order valence-corrected chi connectivity index (χ3v) is 4.95. The van der Waals surface area contributed by atoms with Gasteiger partial charge in [0.15, 0.2) is 0 Å². The largest absolute Gasteiger partial charge is 0.368 e. The van der Waals surface area contributed by atoms with Gasteiger partial charge >= 0.3 is 0 Å². The van der Waals surface area contributed by atoms with Gasteiger partial charge in [0.25, 0.3) is 0 Å². The van der Waals surface area contributed by atoms with Crippen LogP contribution in [0.4, 0.5) is 11.9 Å². The van der Waals surface area contributed by atoms with Gasteiger partial charge in [-0.1, -0.05) is 6.07 Å². The van der Waals surface area contributed by atoms with Gasteiger partial charge in [-0.05, 0) is 18.4 Å². The number of nitrogen functional groups attached to an aromatic ring is 1. The number of thiophene rings is 1. The van der Waals surface area contributed by atoms with Crippen LogP contribution >= 0.6 is 23.1 Å². The Bertz CT molecular complexity index is 647. The third-order valence-electron chi connectivity index (χ3n) is 2.94. The predicted octanol–water partition coefficient (Wildman–Crippen LogP) is 1.52. The molecule has 0 aromatic carbocycles. The summed E-state index contributed by atoms with van der Waals surface area (Å²) < 4.78 is 0. The van der Waals surface area contributed by atoms with E-state index in [0.717, 1.165) is 4.88 Å². The van der Waals surface area contributed by atoms with E-state index in [-0.39, 0.29) is 17.1 Å². The lowest BCUT2D eigenvalue weighted by atomic mass is 10.4. The molecule has 2 rings (SSSR count). The topological polar surface area (TPSA) is 97.0 Å². The van der Waals surface area contributed by atoms with Crippen molar-refractivity contribution >= 4 is 40.9 Å². The van der Waals surface area contributed by atoms with E-state index in [0.29, 0.717) is 24.1 Å². The average Bonchev–Trinajstić information content (AvgIpc) is 3.03. The molecule has 7 nitrogen and oxygen atoms in total. The number of nitrogens with one attached hydrogen (secondary N) is 1. The van der Waals surface area contributed by atoms with Gasteiger partial charge in [0.05, 0.1) is 17.5 Å². The van der Waals surface area contributed by atoms with Gasteiger partial charge in [0, 0.05) is 19.0 Å². The van der Waals surface area contributed by atoms with Crippen molar-refractivity contribution in [1.82, 2.24) is 20.3 Å². The molecule has 0 aliphatic heterocycles. The zero-order valence-corrected chi connectivity index (χ0v) is 14.9. The normalized spacial score (nSPS) is 12.0. The first-order valence-electron chi connectivity index (χ1n) is 7.05. The molecule has 0 aliphatic rings. The summed E-state index contributed by atoms with van der Waals surface area (Å²) in [6.45, 7) is 2.43. The molecule has 0 bridgehead atoms. The molecule has 0 saturated carbocycles. The number of amides is 1. The lowest BCUT2D eigenvalue weighted by molar-refractivity contribution is -0.120. The van der Waals surface area contributed by atoms with Crippen molar-refractivity contribution in [2.45, 2.75) is 24.5 Å². The highest BCUT2D eigenvalue weighted by Gasteiger charge is 2.15. The van der Waals surface area contributed by atoms with Gasteiger partial charge in [-0.3, -0.25) is 4.79 Å². The maximum absolute atomic E-state index is 12.1. The maximum Gasteiger partial charge on any atom is 0.233 e. The summed E-state index contributed by atoms with van der Waals surface area (Å²) in [4.78, 5) is 27.5. The molecule has 0 radical (unpaired) electrons. The summed E-state index contributed by atoms with van der Waals surface area (Å²) in [5, 5.41) is 4.72. The SMILES string of the molecule is C[C@H](SCc1nc(N)nc(N(C)C)n1)C(=O)NCc1cccs1. The zero-order valence-electron chi connectivity index (χ0n) is 13.3. The van der Waals surface area contributed by atoms with E-state index < -0.39 is 0 Å². The number of carbonyl (C=O) groups is 1. The molecule has 0 unspecified atom stereocenters. The molecule has 0 saturated heterocycles. The van der Waals surface area contributed by atoms with Crippen LogP contribution in [0.2, 0.25) is 0 Å². The van der Waals surface area contributed by atoms with Crippen molar-refractivity contribution < 1.29 is 4.79 Å². The van der Waals surface area contributed by atoms with E-state index in [1.54, 1.807) is 16.2 Å². The Morgan fingerprint density at radius 2 is 2.22 bits per heavy atom. The number of rotatable bonds is 7. The summed E-state index contributed by atoms with van der Waals surface area (Å²) in [5.41, 5.74) is 5.69. The lowest BCUT2D eigenvalue weighted by Crippen LogP contribution is -2.30. The highest BCUT2D eigenvalue weighted by atomic mass is 32.2. The quantitative estimate of drug-likeness (QED) is 0.779. The molecule has 0 aliphatic carbocycles. The van der Waals surface area contributed by atoms with Crippen LogP contribution in [-0.4, -0.2) is 40.2 Å². The van der Waals surface area contributed by atoms with Gasteiger partial charge in [0.1, 0.15) is 5.82 Å². The molecule has 2 heterocycles. The number of thioether (sulfide) groups is 1. The van der Waals surface area contributed by atoms with Gasteiger partial charge in [-0.25, -0.2) is 0 Å². The second-order valence-corrected chi connectivity index (χ2v) is 7.42. The second kappa shape index (κ2) is 8.11. The van der Waals surface area contributed by atoms with Crippen molar-refractivity contribution in [3.8, 4) is 0 Å². The van der Waals surface area contributed by atoms with E-state index in [1.165, 1.54) is 11.8 Å². The smallest absolute Gasteiger partial charge is 0.233 e. The number of hydrogen-bond acceptors (Lipinski definition) is 8. The number of hydrogen-bond donors (Lipinski definition) is 2. The minimum absolute atomic E-state index is 0.00161. The fourth-order valence-corrected chi connectivity index (χ4v) is 3.10. The molecule has 124 valence electrons. The standard InChI is InChI=1S/C14H20N6OS2/c1-9(12(21)16-7-10-5-4-6-22-10)23-8-11-17-13(15)19-14(18-11)20(2)3/h4-6,9H,7-8H2,1-3H3,(H,16,21)(H2,15,17,18,19)/t9-/m0/s1. The van der Waals surface area contributed by atoms with Crippen LogP contribution in [0.25, 0.3) is 0 Å². The van der Waals surface area contributed by atoms with Crippen LogP contribution in [0.3, 0.4) is 0 Å². The maximum atomic E-state index is 12.1. The van der Waals surface area contributed by atoms with Crippen molar-refractivity contribution in [2.75, 3.05) is 24.7 Å². The summed E-state index contributed by atoms with van der Waals surface area (Å²) in [6.07, 6.45) is 0. The lowest BCUT2D eigenvalue weighted by Gasteiger charge is -2.13. The molecule has 0 spiro atoms. The zero-order chi connectivity index (χ0) is 16.8. The number of nitrogens with zero attached hydrogens (tertiary/aromatic N) is 4. The fraction of sp³-hybridized carbons (Fsp3) is 0.429. The monoisotopic (exact) mass is 352 g/mol. The number of aromatic nitrogens is 3. The molecular weight excluding hydrogens is 332 g/mol. The van der Waals surface area contributed by atoms with E-state index >= 15 is 0 Å². The van der Waals surface area contributed by atoms with Crippen LogP contribution in [0.15, 0.2) is 17.5 Å². The highest BCUT2D eigenvalue weighted by Crippen LogP contribution is 2.17. The summed E-state index contributed by atoms with van der Waals surface area (Å²) in [7, 11) is 3.68. The molecule has 2 aromatic rings. The molecule has 1 amide bonds. The minimum Gasteiger partial charge on any atom is -0.368 e. The van der Waals surface area contributed by atoms with Crippen molar-refractivity contribution in [3.05, 3.63) is 28.2 Å². The highest BCUT2D eigenvalue weighted by molar-refractivity contribution is 7.99. The number of anilines is 2. The summed E-state index contributed by atoms with van der Waals surface area (Å²) >= 11 is 3.09. The number of nitrogens with two attached hydrogens (primary N) is 1. The van der Waals surface area contributed by atoms with Crippen molar-refractivity contribution in [2.24, 2.45) is 0 Å². The van der Waals surface area contributed by atoms with Crippen LogP contribution < -0.4 is 16.0 Å².